The van der Waals surface area contributed by atoms with Crippen molar-refractivity contribution in [3.8, 4) is 10.6 Å². The number of hydrogen-bond acceptors (Lipinski definition) is 5. The van der Waals surface area contributed by atoms with Gasteiger partial charge in [0.05, 0.1) is 0 Å². The number of likely N-dealkylation sites (N-methyl/N-ethyl adjacent to an activating group) is 1. The second kappa shape index (κ2) is 8.80. The molecule has 0 spiro atoms. The Morgan fingerprint density at radius 1 is 1.11 bits per heavy atom. The highest BCUT2D eigenvalue weighted by Gasteiger charge is 2.24. The molecule has 0 saturated carbocycles. The number of anilines is 1. The smallest absolute Gasteiger partial charge is 0.358 e. The predicted octanol–water partition coefficient (Wildman–Crippen LogP) is 4.58. The van der Waals surface area contributed by atoms with Crippen LogP contribution in [0.3, 0.4) is 0 Å². The highest BCUT2D eigenvalue weighted by molar-refractivity contribution is 7.13. The summed E-state index contributed by atoms with van der Waals surface area (Å²) in [5, 5.41) is 2.40. The fourth-order valence-electron chi connectivity index (χ4n) is 2.71. The van der Waals surface area contributed by atoms with Gasteiger partial charge in [-0.3, -0.25) is 4.79 Å². The number of amides is 1. The lowest BCUT2D eigenvalue weighted by atomic mass is 10.1. The van der Waals surface area contributed by atoms with Gasteiger partial charge >= 0.3 is 5.97 Å². The van der Waals surface area contributed by atoms with Gasteiger partial charge in [-0.2, -0.15) is 0 Å². The molecular formula is C22H22N2O3S. The van der Waals surface area contributed by atoms with E-state index in [4.69, 9.17) is 4.74 Å². The van der Waals surface area contributed by atoms with E-state index in [1.54, 1.807) is 19.4 Å². The Bertz CT molecular complexity index is 951. The highest BCUT2D eigenvalue weighted by atomic mass is 32.1. The van der Waals surface area contributed by atoms with Crippen molar-refractivity contribution < 1.29 is 14.3 Å². The molecule has 0 aliphatic rings. The normalized spacial score (nSPS) is 11.7. The first-order chi connectivity index (χ1) is 13.5. The van der Waals surface area contributed by atoms with Crippen LogP contribution >= 0.6 is 11.3 Å². The maximum absolute atomic E-state index is 12.5. The van der Waals surface area contributed by atoms with Gasteiger partial charge in [-0.15, -0.1) is 11.3 Å². The van der Waals surface area contributed by atoms with Gasteiger partial charge in [0.15, 0.2) is 11.8 Å². The van der Waals surface area contributed by atoms with E-state index in [2.05, 4.69) is 24.0 Å². The largest absolute Gasteiger partial charge is 0.448 e. The van der Waals surface area contributed by atoms with Crippen molar-refractivity contribution in [1.29, 1.82) is 0 Å². The molecule has 1 atom stereocenters. The van der Waals surface area contributed by atoms with Crippen molar-refractivity contribution in [1.82, 2.24) is 4.98 Å². The van der Waals surface area contributed by atoms with Crippen LogP contribution in [0.5, 0.6) is 0 Å². The van der Waals surface area contributed by atoms with Crippen LogP contribution in [-0.2, 0) is 16.0 Å². The first kappa shape index (κ1) is 19.8. The fourth-order valence-corrected chi connectivity index (χ4v) is 3.50. The second-order valence-corrected chi connectivity index (χ2v) is 7.23. The number of esters is 1. The molecule has 0 aliphatic carbocycles. The summed E-state index contributed by atoms with van der Waals surface area (Å²) < 4.78 is 5.34. The fraction of sp³-hybridized carbons (Fsp3) is 0.227. The Morgan fingerprint density at radius 3 is 2.43 bits per heavy atom. The third-order valence-electron chi connectivity index (χ3n) is 4.43. The van der Waals surface area contributed by atoms with E-state index in [-0.39, 0.29) is 11.6 Å². The maximum atomic E-state index is 12.5. The molecule has 1 aromatic heterocycles. The van der Waals surface area contributed by atoms with E-state index in [9.17, 15) is 9.59 Å². The molecule has 0 saturated heterocycles. The number of benzene rings is 2. The number of carbonyl (C=O) groups excluding carboxylic acids is 2. The summed E-state index contributed by atoms with van der Waals surface area (Å²) in [5.74, 6) is -0.903. The molecule has 5 nitrogen and oxygen atoms in total. The number of ether oxygens (including phenoxy) is 1. The molecule has 0 unspecified atom stereocenters. The molecular weight excluding hydrogens is 372 g/mol. The van der Waals surface area contributed by atoms with Crippen LogP contribution in [0.4, 0.5) is 5.69 Å². The molecule has 3 rings (SSSR count). The van der Waals surface area contributed by atoms with Gasteiger partial charge in [-0.1, -0.05) is 49.4 Å². The third-order valence-corrected chi connectivity index (χ3v) is 5.32. The third kappa shape index (κ3) is 4.46. The predicted molar refractivity (Wildman–Crippen MR) is 112 cm³/mol. The zero-order valence-corrected chi connectivity index (χ0v) is 16.9. The lowest BCUT2D eigenvalue weighted by Gasteiger charge is -2.21. The van der Waals surface area contributed by atoms with Crippen LogP contribution in [0.25, 0.3) is 10.6 Å². The van der Waals surface area contributed by atoms with Crippen molar-refractivity contribution in [2.45, 2.75) is 26.4 Å². The van der Waals surface area contributed by atoms with Crippen LogP contribution in [0.15, 0.2) is 60.0 Å². The Labute approximate surface area is 168 Å². The van der Waals surface area contributed by atoms with E-state index in [0.717, 1.165) is 22.7 Å². The average molecular weight is 394 g/mol. The van der Waals surface area contributed by atoms with E-state index >= 15 is 0 Å². The number of rotatable bonds is 6. The number of thiazole rings is 1. The molecule has 28 heavy (non-hydrogen) atoms. The van der Waals surface area contributed by atoms with Gasteiger partial charge in [-0.25, -0.2) is 9.78 Å². The van der Waals surface area contributed by atoms with Crippen molar-refractivity contribution in [3.05, 3.63) is 71.2 Å². The first-order valence-corrected chi connectivity index (χ1v) is 9.96. The Kier molecular flexibility index (Phi) is 6.21. The van der Waals surface area contributed by atoms with Crippen molar-refractivity contribution >= 4 is 28.9 Å². The van der Waals surface area contributed by atoms with Gasteiger partial charge in [0.25, 0.3) is 5.91 Å². The summed E-state index contributed by atoms with van der Waals surface area (Å²) in [7, 11) is 1.66. The molecule has 2 aromatic carbocycles. The number of hydrogen-bond donors (Lipinski definition) is 0. The molecule has 0 bridgehead atoms. The average Bonchev–Trinajstić information content (AvgIpc) is 3.23. The molecule has 1 amide bonds. The second-order valence-electron chi connectivity index (χ2n) is 6.37. The van der Waals surface area contributed by atoms with E-state index < -0.39 is 12.1 Å². The van der Waals surface area contributed by atoms with Crippen molar-refractivity contribution in [3.63, 3.8) is 0 Å². The minimum atomic E-state index is -0.910. The number of para-hydroxylation sites is 1. The van der Waals surface area contributed by atoms with Crippen molar-refractivity contribution in [2.24, 2.45) is 0 Å². The van der Waals surface area contributed by atoms with Crippen LogP contribution < -0.4 is 4.90 Å². The molecule has 0 fully saturated rings. The first-order valence-electron chi connectivity index (χ1n) is 9.08. The Balaban J connectivity index is 1.65. The van der Waals surface area contributed by atoms with E-state index in [1.165, 1.54) is 21.8 Å². The summed E-state index contributed by atoms with van der Waals surface area (Å²) in [6.07, 6.45) is 0.0608. The van der Waals surface area contributed by atoms with Crippen LogP contribution in [-0.4, -0.2) is 30.0 Å². The van der Waals surface area contributed by atoms with Gasteiger partial charge < -0.3 is 9.64 Å². The minimum absolute atomic E-state index is 0.210. The monoisotopic (exact) mass is 394 g/mol. The van der Waals surface area contributed by atoms with E-state index in [0.29, 0.717) is 0 Å². The minimum Gasteiger partial charge on any atom is -0.448 e. The zero-order valence-electron chi connectivity index (χ0n) is 16.1. The number of aromatic nitrogens is 1. The van der Waals surface area contributed by atoms with Gasteiger partial charge in [0.1, 0.15) is 5.01 Å². The van der Waals surface area contributed by atoms with Crippen LogP contribution in [0.2, 0.25) is 0 Å². The Morgan fingerprint density at radius 2 is 1.79 bits per heavy atom. The lowest BCUT2D eigenvalue weighted by Crippen LogP contribution is -2.37. The highest BCUT2D eigenvalue weighted by Crippen LogP contribution is 2.25. The molecule has 144 valence electrons. The summed E-state index contributed by atoms with van der Waals surface area (Å²) in [5.41, 5.74) is 3.15. The number of carbonyl (C=O) groups is 2. The molecule has 0 aliphatic heterocycles. The summed E-state index contributed by atoms with van der Waals surface area (Å²) in [4.78, 5) is 30.8. The number of aryl methyl sites for hydroxylation is 1. The van der Waals surface area contributed by atoms with Crippen LogP contribution in [0, 0.1) is 0 Å². The quantitative estimate of drug-likeness (QED) is 0.574. The lowest BCUT2D eigenvalue weighted by molar-refractivity contribution is -0.126. The van der Waals surface area contributed by atoms with Crippen LogP contribution in [0.1, 0.15) is 29.9 Å². The Hall–Kier alpha value is -2.99. The van der Waals surface area contributed by atoms with Crippen molar-refractivity contribution in [2.75, 3.05) is 11.9 Å². The van der Waals surface area contributed by atoms with E-state index in [1.807, 2.05) is 42.5 Å². The topological polar surface area (TPSA) is 59.5 Å². The molecule has 0 N–H and O–H groups in total. The maximum Gasteiger partial charge on any atom is 0.358 e. The molecule has 0 radical (unpaired) electrons. The summed E-state index contributed by atoms with van der Waals surface area (Å²) >= 11 is 1.38. The van der Waals surface area contributed by atoms with Gasteiger partial charge in [0.2, 0.25) is 0 Å². The van der Waals surface area contributed by atoms with Gasteiger partial charge in [0, 0.05) is 23.7 Å². The molecule has 3 aromatic rings. The summed E-state index contributed by atoms with van der Waals surface area (Å²) in [6.45, 7) is 3.67. The summed E-state index contributed by atoms with van der Waals surface area (Å²) in [6, 6.07) is 17.3. The molecule has 1 heterocycles. The number of nitrogens with zero attached hydrogens (tertiary/aromatic N) is 2. The van der Waals surface area contributed by atoms with Gasteiger partial charge in [-0.05, 0) is 31.0 Å². The standard InChI is InChI=1S/C22H22N2O3S/c1-4-16-10-12-17(13-11-16)20-23-19(14-28-20)22(26)27-15(2)21(25)24(3)18-8-6-5-7-9-18/h5-15H,4H2,1-3H3/t15-/m0/s1. The zero-order chi connectivity index (χ0) is 20.1. The molecule has 6 heteroatoms. The SMILES string of the molecule is CCc1ccc(-c2nc(C(=O)O[C@@H](C)C(=O)N(C)c3ccccc3)cs2)cc1.